The number of hydrogen-bond acceptors (Lipinski definition) is 10. The van der Waals surface area contributed by atoms with Crippen LogP contribution in [-0.4, -0.2) is 35.4 Å². The molecule has 0 aliphatic carbocycles. The van der Waals surface area contributed by atoms with Crippen LogP contribution in [0.15, 0.2) is 39.2 Å². The first kappa shape index (κ1) is 34.1. The summed E-state index contributed by atoms with van der Waals surface area (Å²) in [5.41, 5.74) is -0.693. The van der Waals surface area contributed by atoms with E-state index in [0.717, 1.165) is 51.4 Å². The average Bonchev–Trinajstić information content (AvgIpc) is 3.59. The number of hydrogen-bond donors (Lipinski definition) is 2. The molecule has 0 fully saturated rings. The van der Waals surface area contributed by atoms with Gasteiger partial charge in [-0.2, -0.15) is 10.5 Å². The molecule has 0 bridgehead atoms. The lowest BCUT2D eigenvalue weighted by atomic mass is 10.0. The summed E-state index contributed by atoms with van der Waals surface area (Å²) < 4.78 is 13.7. The maximum Gasteiger partial charge on any atom is 0.348 e. The second-order valence-electron chi connectivity index (χ2n) is 10.00. The van der Waals surface area contributed by atoms with E-state index in [9.17, 15) is 30.3 Å². The zero-order chi connectivity index (χ0) is 30.8. The molecule has 0 aromatic heterocycles. The van der Waals surface area contributed by atoms with Gasteiger partial charge in [-0.3, -0.25) is 0 Å². The predicted molar refractivity (Wildman–Crippen MR) is 168 cm³/mol. The fourth-order valence-corrected chi connectivity index (χ4v) is 9.83. The number of rotatable bonds is 16. The van der Waals surface area contributed by atoms with E-state index >= 15 is 0 Å². The molecule has 2 aliphatic rings. The van der Waals surface area contributed by atoms with Crippen molar-refractivity contribution in [1.29, 1.82) is 10.5 Å². The Kier molecular flexibility index (Phi) is 13.4. The molecule has 0 amide bonds. The van der Waals surface area contributed by atoms with Crippen molar-refractivity contribution in [1.82, 2.24) is 0 Å². The van der Waals surface area contributed by atoms with Crippen molar-refractivity contribution in [3.05, 3.63) is 19.6 Å². The van der Waals surface area contributed by atoms with Gasteiger partial charge in [-0.05, 0) is 24.7 Å². The number of ether oxygens (including phenoxy) is 2. The minimum Gasteiger partial charge on any atom is -0.491 e. The smallest absolute Gasteiger partial charge is 0.348 e. The van der Waals surface area contributed by atoms with E-state index in [0.29, 0.717) is 64.6 Å². The summed E-state index contributed by atoms with van der Waals surface area (Å²) in [6.07, 6.45) is 8.16. The van der Waals surface area contributed by atoms with Crippen LogP contribution in [0, 0.1) is 34.5 Å². The number of carbonyl (C=O) groups is 2. The second kappa shape index (κ2) is 16.5. The third-order valence-corrected chi connectivity index (χ3v) is 12.3. The first-order chi connectivity index (χ1) is 20.2. The topological polar surface area (TPSA) is 141 Å². The van der Waals surface area contributed by atoms with Crippen LogP contribution in [0.25, 0.3) is 0 Å². The molecule has 226 valence electrons. The second-order valence-corrected chi connectivity index (χ2v) is 14.6. The van der Waals surface area contributed by atoms with Gasteiger partial charge in [-0.15, -0.1) is 0 Å². The van der Waals surface area contributed by atoms with Gasteiger partial charge in [0.2, 0.25) is 0 Å². The molecule has 2 unspecified atom stereocenters. The number of nitriles is 2. The van der Waals surface area contributed by atoms with Gasteiger partial charge in [0, 0.05) is 0 Å². The molecule has 0 saturated carbocycles. The van der Waals surface area contributed by atoms with Crippen molar-refractivity contribution in [3.8, 4) is 23.6 Å². The molecular weight excluding hydrogens is 613 g/mol. The van der Waals surface area contributed by atoms with Gasteiger partial charge in [0.05, 0.1) is 41.3 Å². The van der Waals surface area contributed by atoms with Gasteiger partial charge in [0.25, 0.3) is 0 Å². The fraction of sp³-hybridized carbons (Fsp3) is 0.533. The summed E-state index contributed by atoms with van der Waals surface area (Å²) in [6, 6.07) is 3.64. The van der Waals surface area contributed by atoms with E-state index in [1.54, 1.807) is 0 Å². The molecule has 2 heterocycles. The van der Waals surface area contributed by atoms with Crippen LogP contribution in [-0.2, 0) is 9.59 Å². The van der Waals surface area contributed by atoms with E-state index < -0.39 is 11.9 Å². The number of carboxylic acid groups (broad SMARTS) is 2. The van der Waals surface area contributed by atoms with E-state index in [1.807, 2.05) is 12.1 Å². The van der Waals surface area contributed by atoms with E-state index in [1.165, 1.54) is 47.0 Å². The summed E-state index contributed by atoms with van der Waals surface area (Å²) in [6.45, 7) is 9.40. The van der Waals surface area contributed by atoms with Crippen molar-refractivity contribution < 1.29 is 29.3 Å². The highest BCUT2D eigenvalue weighted by molar-refractivity contribution is 8.26. The number of thioether (sulfide) groups is 4. The van der Waals surface area contributed by atoms with Gasteiger partial charge >= 0.3 is 11.9 Å². The van der Waals surface area contributed by atoms with Crippen molar-refractivity contribution in [3.63, 3.8) is 0 Å². The van der Waals surface area contributed by atoms with Crippen LogP contribution in [0.1, 0.15) is 79.1 Å². The van der Waals surface area contributed by atoms with Crippen molar-refractivity contribution in [2.45, 2.75) is 98.6 Å². The van der Waals surface area contributed by atoms with Crippen molar-refractivity contribution >= 4 is 59.0 Å². The predicted octanol–water partition coefficient (Wildman–Crippen LogP) is 8.91. The van der Waals surface area contributed by atoms with Crippen LogP contribution in [0.2, 0.25) is 0 Å². The lowest BCUT2D eigenvalue weighted by molar-refractivity contribution is -0.133. The number of carboxylic acids is 2. The van der Waals surface area contributed by atoms with E-state index in [-0.39, 0.29) is 11.1 Å². The van der Waals surface area contributed by atoms with Gasteiger partial charge in [0.15, 0.2) is 11.1 Å². The minimum atomic E-state index is -1.30. The Morgan fingerprint density at radius 1 is 0.690 bits per heavy atom. The highest BCUT2D eigenvalue weighted by Gasteiger charge is 2.40. The summed E-state index contributed by atoms with van der Waals surface area (Å²) in [4.78, 5) is 26.4. The molecule has 0 spiro atoms. The Balaban J connectivity index is 2.19. The van der Waals surface area contributed by atoms with Crippen LogP contribution < -0.4 is 9.47 Å². The van der Waals surface area contributed by atoms with E-state index in [4.69, 9.17) is 9.47 Å². The Bertz CT molecular complexity index is 1200. The molecule has 2 N–H and O–H groups in total. The number of benzene rings is 1. The van der Waals surface area contributed by atoms with Gasteiger partial charge in [-0.1, -0.05) is 113 Å². The standard InChI is InChI=1S/C30H36N2O6S4/c1-5-9-11-17(7-3)15-37-21-23-25(41-29(39-23)19(13-31)27(33)34)22(38-16-18(8-4)12-10-6-2)26-24(21)40-30(42-26)20(14-32)28(35)36/h17-18H,5-12,15-16H2,1-4H3,(H,33,34)(H,35,36). The summed E-state index contributed by atoms with van der Waals surface area (Å²) in [7, 11) is 0. The third-order valence-electron chi connectivity index (χ3n) is 7.09. The molecular formula is C30H36N2O6S4. The number of nitrogens with zero attached hydrogens (tertiary/aromatic N) is 2. The molecule has 2 aliphatic heterocycles. The van der Waals surface area contributed by atoms with Crippen LogP contribution in [0.3, 0.4) is 0 Å². The Morgan fingerprint density at radius 3 is 1.26 bits per heavy atom. The zero-order valence-corrected chi connectivity index (χ0v) is 27.5. The largest absolute Gasteiger partial charge is 0.491 e. The lowest BCUT2D eigenvalue weighted by Crippen LogP contribution is -2.14. The molecule has 0 saturated heterocycles. The van der Waals surface area contributed by atoms with Crippen molar-refractivity contribution in [2.75, 3.05) is 13.2 Å². The molecule has 2 atom stereocenters. The maximum absolute atomic E-state index is 11.9. The average molecular weight is 649 g/mol. The summed E-state index contributed by atoms with van der Waals surface area (Å²) in [5.74, 6) is -0.953. The Hall–Kier alpha value is -2.38. The van der Waals surface area contributed by atoms with Gasteiger partial charge < -0.3 is 19.7 Å². The molecule has 1 aromatic rings. The number of fused-ring (bicyclic) bond motifs is 2. The normalized spacial score (nSPS) is 14.8. The minimum absolute atomic E-state index is 0.307. The quantitative estimate of drug-likeness (QED) is 0.131. The fourth-order valence-electron chi connectivity index (χ4n) is 4.43. The molecule has 42 heavy (non-hydrogen) atoms. The lowest BCUT2D eigenvalue weighted by Gasteiger charge is -2.22. The highest BCUT2D eigenvalue weighted by atomic mass is 32.2. The first-order valence-corrected chi connectivity index (χ1v) is 17.5. The van der Waals surface area contributed by atoms with Crippen LogP contribution >= 0.6 is 47.0 Å². The van der Waals surface area contributed by atoms with Crippen molar-refractivity contribution in [2.24, 2.45) is 11.8 Å². The van der Waals surface area contributed by atoms with E-state index in [2.05, 4.69) is 27.7 Å². The maximum atomic E-state index is 11.9. The summed E-state index contributed by atoms with van der Waals surface area (Å²) in [5, 5.41) is 38.6. The first-order valence-electron chi connectivity index (χ1n) is 14.2. The van der Waals surface area contributed by atoms with Gasteiger partial charge in [0.1, 0.15) is 23.6 Å². The highest BCUT2D eigenvalue weighted by Crippen LogP contribution is 2.68. The van der Waals surface area contributed by atoms with Crippen LogP contribution in [0.4, 0.5) is 0 Å². The Labute approximate surface area is 264 Å². The number of unbranched alkanes of at least 4 members (excludes halogenated alkanes) is 2. The third kappa shape index (κ3) is 7.96. The monoisotopic (exact) mass is 648 g/mol. The van der Waals surface area contributed by atoms with Gasteiger partial charge in [-0.25, -0.2) is 9.59 Å². The molecule has 0 radical (unpaired) electrons. The molecule has 3 rings (SSSR count). The Morgan fingerprint density at radius 2 is 1.02 bits per heavy atom. The number of aliphatic carboxylic acids is 2. The zero-order valence-electron chi connectivity index (χ0n) is 24.3. The SMILES string of the molecule is CCCCC(CC)COc1c2c(c(OCC(CC)CCCC)c3c1SC(=C(C#N)C(=O)O)S3)SC(=C(C#N)C(=O)O)S2. The summed E-state index contributed by atoms with van der Waals surface area (Å²) >= 11 is 4.68. The molecule has 8 nitrogen and oxygen atoms in total. The molecule has 1 aromatic carbocycles. The van der Waals surface area contributed by atoms with Crippen LogP contribution in [0.5, 0.6) is 11.5 Å². The molecule has 12 heteroatoms.